The Balaban J connectivity index is 1.57. The number of benzene rings is 3. The number of ether oxygens (including phenoxy) is 2. The van der Waals surface area contributed by atoms with E-state index in [2.05, 4.69) is 5.32 Å². The van der Waals surface area contributed by atoms with Crippen molar-refractivity contribution in [3.8, 4) is 11.5 Å². The second-order valence-corrected chi connectivity index (χ2v) is 8.28. The first-order valence-corrected chi connectivity index (χ1v) is 11.0. The predicted octanol–water partition coefficient (Wildman–Crippen LogP) is 5.38. The van der Waals surface area contributed by atoms with E-state index < -0.39 is 17.9 Å². The SMILES string of the molecule is COc1cc(/C=C2/NC(=O)N(c3cccc(Cl)c3)C2=O)cc(Cl)c1OCc1cccc(C(=O)O)c1. The van der Waals surface area contributed by atoms with E-state index in [-0.39, 0.29) is 28.6 Å². The molecule has 8 nitrogen and oxygen atoms in total. The highest BCUT2D eigenvalue weighted by molar-refractivity contribution is 6.33. The van der Waals surface area contributed by atoms with Gasteiger partial charge in [-0.1, -0.05) is 41.4 Å². The summed E-state index contributed by atoms with van der Waals surface area (Å²) >= 11 is 12.4. The van der Waals surface area contributed by atoms with E-state index in [0.29, 0.717) is 27.6 Å². The van der Waals surface area contributed by atoms with Gasteiger partial charge in [0.15, 0.2) is 11.5 Å². The maximum Gasteiger partial charge on any atom is 0.335 e. The van der Waals surface area contributed by atoms with Crippen LogP contribution in [0.3, 0.4) is 0 Å². The Morgan fingerprint density at radius 3 is 2.57 bits per heavy atom. The zero-order valence-electron chi connectivity index (χ0n) is 18.2. The molecule has 3 aromatic carbocycles. The molecule has 1 aliphatic heterocycles. The summed E-state index contributed by atoms with van der Waals surface area (Å²) in [7, 11) is 1.43. The van der Waals surface area contributed by atoms with Crippen LogP contribution >= 0.6 is 23.2 Å². The monoisotopic (exact) mass is 512 g/mol. The maximum atomic E-state index is 12.9. The van der Waals surface area contributed by atoms with E-state index in [1.165, 1.54) is 31.4 Å². The van der Waals surface area contributed by atoms with Crippen LogP contribution in [0.1, 0.15) is 21.5 Å². The van der Waals surface area contributed by atoms with E-state index >= 15 is 0 Å². The van der Waals surface area contributed by atoms with Gasteiger partial charge in [-0.3, -0.25) is 4.79 Å². The molecule has 3 amide bonds. The van der Waals surface area contributed by atoms with E-state index in [1.54, 1.807) is 42.5 Å². The minimum Gasteiger partial charge on any atom is -0.493 e. The van der Waals surface area contributed by atoms with Crippen molar-refractivity contribution in [3.05, 3.63) is 93.1 Å². The quantitative estimate of drug-likeness (QED) is 0.325. The first-order valence-electron chi connectivity index (χ1n) is 10.2. The van der Waals surface area contributed by atoms with Gasteiger partial charge in [0.1, 0.15) is 12.3 Å². The second-order valence-electron chi connectivity index (χ2n) is 7.44. The Hall–Kier alpha value is -4.01. The molecule has 0 aromatic heterocycles. The van der Waals surface area contributed by atoms with Crippen LogP contribution in [0.2, 0.25) is 10.0 Å². The van der Waals surface area contributed by atoms with Crippen LogP contribution in [0.4, 0.5) is 10.5 Å². The third-order valence-corrected chi connectivity index (χ3v) is 5.58. The summed E-state index contributed by atoms with van der Waals surface area (Å²) in [5.41, 5.74) is 1.65. The van der Waals surface area contributed by atoms with Gasteiger partial charge in [-0.2, -0.15) is 0 Å². The van der Waals surface area contributed by atoms with Crippen LogP contribution in [-0.2, 0) is 11.4 Å². The van der Waals surface area contributed by atoms with Gasteiger partial charge in [-0.15, -0.1) is 0 Å². The third-order valence-electron chi connectivity index (χ3n) is 5.06. The van der Waals surface area contributed by atoms with Crippen molar-refractivity contribution >= 4 is 52.9 Å². The van der Waals surface area contributed by atoms with Crippen LogP contribution < -0.4 is 19.7 Å². The summed E-state index contributed by atoms with van der Waals surface area (Å²) in [5, 5.41) is 12.3. The van der Waals surface area contributed by atoms with Gasteiger partial charge in [0.05, 0.1) is 23.4 Å². The van der Waals surface area contributed by atoms with E-state index in [1.807, 2.05) is 0 Å². The van der Waals surface area contributed by atoms with Gasteiger partial charge in [0, 0.05) is 5.02 Å². The number of halogens is 2. The fraction of sp³-hybridized carbons (Fsp3) is 0.0800. The van der Waals surface area contributed by atoms with Crippen molar-refractivity contribution in [1.82, 2.24) is 5.32 Å². The summed E-state index contributed by atoms with van der Waals surface area (Å²) in [4.78, 5) is 37.5. The lowest BCUT2D eigenvalue weighted by Gasteiger charge is -2.14. The number of anilines is 1. The molecular weight excluding hydrogens is 495 g/mol. The molecule has 3 aromatic rings. The standard InChI is InChI=1S/C25H18Cl2N2O6/c1-34-21-11-15(9-19(27)22(21)35-13-14-4-2-5-16(8-14)24(31)32)10-20-23(30)29(25(33)28-20)18-7-3-6-17(26)12-18/h2-12H,13H2,1H3,(H,28,33)(H,31,32)/b20-10+. The Morgan fingerprint density at radius 2 is 1.86 bits per heavy atom. The molecule has 2 N–H and O–H groups in total. The van der Waals surface area contributed by atoms with Crippen molar-refractivity contribution in [3.63, 3.8) is 0 Å². The van der Waals surface area contributed by atoms with Crippen molar-refractivity contribution < 1.29 is 29.0 Å². The molecule has 1 aliphatic rings. The number of carbonyl (C=O) groups excluding carboxylic acids is 2. The highest BCUT2D eigenvalue weighted by Crippen LogP contribution is 2.38. The number of amides is 3. The molecule has 0 bridgehead atoms. The number of carbonyl (C=O) groups is 3. The normalized spacial score (nSPS) is 14.3. The predicted molar refractivity (Wildman–Crippen MR) is 131 cm³/mol. The topological polar surface area (TPSA) is 105 Å². The average Bonchev–Trinajstić information content (AvgIpc) is 3.10. The molecule has 0 atom stereocenters. The number of methoxy groups -OCH3 is 1. The van der Waals surface area contributed by atoms with Gasteiger partial charge in [0.2, 0.25) is 0 Å². The zero-order chi connectivity index (χ0) is 25.1. The van der Waals surface area contributed by atoms with Crippen LogP contribution in [0.25, 0.3) is 6.08 Å². The molecular formula is C25H18Cl2N2O6. The minimum atomic E-state index is -1.04. The number of carboxylic acids is 1. The Kier molecular flexibility index (Phi) is 6.95. The van der Waals surface area contributed by atoms with Gasteiger partial charge in [-0.25, -0.2) is 14.5 Å². The number of carboxylic acid groups (broad SMARTS) is 1. The smallest absolute Gasteiger partial charge is 0.335 e. The van der Waals surface area contributed by atoms with E-state index in [0.717, 1.165) is 4.90 Å². The number of nitrogens with one attached hydrogen (secondary N) is 1. The lowest BCUT2D eigenvalue weighted by molar-refractivity contribution is -0.113. The van der Waals surface area contributed by atoms with Crippen LogP contribution in [0, 0.1) is 0 Å². The molecule has 1 fully saturated rings. The zero-order valence-corrected chi connectivity index (χ0v) is 19.8. The van der Waals surface area contributed by atoms with Gasteiger partial charge < -0.3 is 19.9 Å². The molecule has 0 radical (unpaired) electrons. The van der Waals surface area contributed by atoms with Crippen LogP contribution in [0.15, 0.2) is 66.4 Å². The largest absolute Gasteiger partial charge is 0.493 e. The first kappa shape index (κ1) is 24.1. The summed E-state index contributed by atoms with van der Waals surface area (Å²) in [6.45, 7) is 0.0563. The Morgan fingerprint density at radius 1 is 1.09 bits per heavy atom. The van der Waals surface area contributed by atoms with Crippen LogP contribution in [0.5, 0.6) is 11.5 Å². The summed E-state index contributed by atoms with van der Waals surface area (Å²) in [5.74, 6) is -1.05. The third kappa shape index (κ3) is 5.24. The summed E-state index contributed by atoms with van der Waals surface area (Å²) < 4.78 is 11.2. The molecule has 1 heterocycles. The van der Waals surface area contributed by atoms with Crippen LogP contribution in [-0.4, -0.2) is 30.1 Å². The highest BCUT2D eigenvalue weighted by Gasteiger charge is 2.35. The molecule has 1 saturated heterocycles. The number of nitrogens with zero attached hydrogens (tertiary/aromatic N) is 1. The van der Waals surface area contributed by atoms with E-state index in [9.17, 15) is 14.4 Å². The number of rotatable bonds is 7. The first-order chi connectivity index (χ1) is 16.8. The average molecular weight is 513 g/mol. The summed E-state index contributed by atoms with van der Waals surface area (Å²) in [6, 6.07) is 15.3. The molecule has 0 spiro atoms. The molecule has 0 unspecified atom stereocenters. The molecule has 35 heavy (non-hydrogen) atoms. The number of imide groups is 1. The summed E-state index contributed by atoms with van der Waals surface area (Å²) in [6.07, 6.45) is 1.47. The lowest BCUT2D eigenvalue weighted by atomic mass is 10.1. The Bertz CT molecular complexity index is 1370. The van der Waals surface area contributed by atoms with E-state index in [4.69, 9.17) is 37.8 Å². The number of aromatic carboxylic acids is 1. The lowest BCUT2D eigenvalue weighted by Crippen LogP contribution is -2.30. The highest BCUT2D eigenvalue weighted by atomic mass is 35.5. The maximum absolute atomic E-state index is 12.9. The Labute approximate surface area is 210 Å². The van der Waals surface area contributed by atoms with Crippen molar-refractivity contribution in [1.29, 1.82) is 0 Å². The molecule has 4 rings (SSSR count). The van der Waals surface area contributed by atoms with Gasteiger partial charge >= 0.3 is 12.0 Å². The molecule has 178 valence electrons. The number of hydrogen-bond donors (Lipinski definition) is 2. The number of hydrogen-bond acceptors (Lipinski definition) is 5. The fourth-order valence-electron chi connectivity index (χ4n) is 3.46. The van der Waals surface area contributed by atoms with Crippen molar-refractivity contribution in [2.45, 2.75) is 6.61 Å². The fourth-order valence-corrected chi connectivity index (χ4v) is 3.92. The van der Waals surface area contributed by atoms with Crippen molar-refractivity contribution in [2.24, 2.45) is 0 Å². The second kappa shape index (κ2) is 10.1. The van der Waals surface area contributed by atoms with Gasteiger partial charge in [0.25, 0.3) is 5.91 Å². The molecule has 0 saturated carbocycles. The van der Waals surface area contributed by atoms with Crippen molar-refractivity contribution in [2.75, 3.05) is 12.0 Å². The number of urea groups is 1. The molecule has 10 heteroatoms. The minimum absolute atomic E-state index is 0.0484. The molecule has 0 aliphatic carbocycles. The van der Waals surface area contributed by atoms with Gasteiger partial charge in [-0.05, 0) is 59.7 Å².